The predicted octanol–water partition coefficient (Wildman–Crippen LogP) is 2.92. The molecule has 1 atom stereocenters. The maximum Gasteiger partial charge on any atom is 0.0269 e. The van der Waals surface area contributed by atoms with Crippen LogP contribution in [0.15, 0.2) is 24.3 Å². The lowest BCUT2D eigenvalue weighted by molar-refractivity contribution is 0.0998. The first kappa shape index (κ1) is 13.1. The van der Waals surface area contributed by atoms with Gasteiger partial charge in [0.15, 0.2) is 0 Å². The van der Waals surface area contributed by atoms with E-state index in [1.807, 2.05) is 0 Å². The molecule has 0 amide bonds. The molecule has 1 aromatic rings. The van der Waals surface area contributed by atoms with Crippen LogP contribution in [-0.2, 0) is 13.0 Å². The summed E-state index contributed by atoms with van der Waals surface area (Å²) in [5, 5.41) is 0. The quantitative estimate of drug-likeness (QED) is 0.822. The van der Waals surface area contributed by atoms with Crippen LogP contribution in [-0.4, -0.2) is 41.5 Å². The average Bonchev–Trinajstić information content (AvgIpc) is 2.90. The first-order valence-corrected chi connectivity index (χ1v) is 7.79. The minimum Gasteiger partial charge on any atom is -0.302 e. The minimum absolute atomic E-state index is 0.640. The highest BCUT2D eigenvalue weighted by Crippen LogP contribution is 2.26. The molecule has 104 valence electrons. The monoisotopic (exact) mass is 258 g/mol. The van der Waals surface area contributed by atoms with Crippen LogP contribution in [0.1, 0.15) is 37.8 Å². The van der Waals surface area contributed by atoms with Crippen LogP contribution in [0.4, 0.5) is 0 Å². The van der Waals surface area contributed by atoms with Crippen LogP contribution < -0.4 is 0 Å². The van der Waals surface area contributed by atoms with Crippen molar-refractivity contribution in [3.63, 3.8) is 0 Å². The average molecular weight is 258 g/mol. The van der Waals surface area contributed by atoms with E-state index in [0.717, 1.165) is 6.54 Å². The molecule has 0 aromatic heterocycles. The van der Waals surface area contributed by atoms with E-state index in [4.69, 9.17) is 0 Å². The Morgan fingerprint density at radius 2 is 1.79 bits per heavy atom. The van der Waals surface area contributed by atoms with E-state index in [-0.39, 0.29) is 0 Å². The fourth-order valence-corrected chi connectivity index (χ4v) is 3.64. The fourth-order valence-electron chi connectivity index (χ4n) is 3.64. The molecular weight excluding hydrogens is 232 g/mol. The zero-order chi connectivity index (χ0) is 13.2. The largest absolute Gasteiger partial charge is 0.302 e. The van der Waals surface area contributed by atoms with E-state index in [9.17, 15) is 0 Å². The fraction of sp³-hybridized carbons (Fsp3) is 0.647. The topological polar surface area (TPSA) is 6.48 Å². The highest BCUT2D eigenvalue weighted by atomic mass is 15.2. The molecule has 1 fully saturated rings. The van der Waals surface area contributed by atoms with Crippen LogP contribution >= 0.6 is 0 Å². The Morgan fingerprint density at radius 1 is 1.11 bits per heavy atom. The SMILES string of the molecule is CC(C)N1Cc2ccccc2C[C@H]1CN1CCCC1. The second-order valence-corrected chi connectivity index (χ2v) is 6.40. The molecule has 1 aromatic carbocycles. The van der Waals surface area contributed by atoms with Gasteiger partial charge in [0.1, 0.15) is 0 Å². The standard InChI is InChI=1S/C17H26N2/c1-14(2)19-12-16-8-4-3-7-15(16)11-17(19)13-18-9-5-6-10-18/h3-4,7-8,14,17H,5-6,9-13H2,1-2H3/t17-/m0/s1. The van der Waals surface area contributed by atoms with E-state index in [1.54, 1.807) is 5.56 Å². The summed E-state index contributed by atoms with van der Waals surface area (Å²) >= 11 is 0. The van der Waals surface area contributed by atoms with Crippen molar-refractivity contribution >= 4 is 0 Å². The van der Waals surface area contributed by atoms with Crippen molar-refractivity contribution in [2.24, 2.45) is 0 Å². The number of hydrogen-bond acceptors (Lipinski definition) is 2. The number of hydrogen-bond donors (Lipinski definition) is 0. The van der Waals surface area contributed by atoms with Gasteiger partial charge in [0.05, 0.1) is 0 Å². The van der Waals surface area contributed by atoms with Crippen molar-refractivity contribution in [3.05, 3.63) is 35.4 Å². The summed E-state index contributed by atoms with van der Waals surface area (Å²) in [6, 6.07) is 10.3. The molecule has 2 nitrogen and oxygen atoms in total. The van der Waals surface area contributed by atoms with Gasteiger partial charge < -0.3 is 4.90 Å². The summed E-state index contributed by atoms with van der Waals surface area (Å²) in [6.07, 6.45) is 4.01. The zero-order valence-electron chi connectivity index (χ0n) is 12.3. The molecule has 0 spiro atoms. The summed E-state index contributed by atoms with van der Waals surface area (Å²) < 4.78 is 0. The molecule has 2 heteroatoms. The molecule has 2 aliphatic rings. The summed E-state index contributed by atoms with van der Waals surface area (Å²) in [5.74, 6) is 0. The molecule has 0 bridgehead atoms. The summed E-state index contributed by atoms with van der Waals surface area (Å²) in [6.45, 7) is 9.68. The van der Waals surface area contributed by atoms with Crippen LogP contribution in [0.3, 0.4) is 0 Å². The van der Waals surface area contributed by atoms with Gasteiger partial charge >= 0.3 is 0 Å². The lowest BCUT2D eigenvalue weighted by Gasteiger charge is -2.41. The van der Waals surface area contributed by atoms with Crippen molar-refractivity contribution in [1.82, 2.24) is 9.80 Å². The molecule has 19 heavy (non-hydrogen) atoms. The summed E-state index contributed by atoms with van der Waals surface area (Å²) in [5.41, 5.74) is 3.11. The van der Waals surface area contributed by atoms with Gasteiger partial charge in [-0.25, -0.2) is 0 Å². The van der Waals surface area contributed by atoms with Gasteiger partial charge in [-0.1, -0.05) is 24.3 Å². The van der Waals surface area contributed by atoms with Gasteiger partial charge in [0, 0.05) is 25.2 Å². The Kier molecular flexibility index (Phi) is 3.90. The number of likely N-dealkylation sites (tertiary alicyclic amines) is 1. The summed E-state index contributed by atoms with van der Waals surface area (Å²) in [4.78, 5) is 5.36. The highest BCUT2D eigenvalue weighted by Gasteiger charge is 2.29. The predicted molar refractivity (Wildman–Crippen MR) is 80.3 cm³/mol. The third-order valence-electron chi connectivity index (χ3n) is 4.73. The molecule has 0 N–H and O–H groups in total. The molecule has 0 radical (unpaired) electrons. The van der Waals surface area contributed by atoms with E-state index >= 15 is 0 Å². The van der Waals surface area contributed by atoms with Crippen LogP contribution in [0.25, 0.3) is 0 Å². The second kappa shape index (κ2) is 5.64. The lowest BCUT2D eigenvalue weighted by atomic mass is 9.92. The van der Waals surface area contributed by atoms with Crippen LogP contribution in [0.2, 0.25) is 0 Å². The van der Waals surface area contributed by atoms with Crippen LogP contribution in [0.5, 0.6) is 0 Å². The molecule has 2 aliphatic heterocycles. The van der Waals surface area contributed by atoms with E-state index in [2.05, 4.69) is 47.9 Å². The lowest BCUT2D eigenvalue weighted by Crippen LogP contribution is -2.49. The second-order valence-electron chi connectivity index (χ2n) is 6.40. The van der Waals surface area contributed by atoms with Crippen LogP contribution in [0, 0.1) is 0 Å². The van der Waals surface area contributed by atoms with Gasteiger partial charge in [0.25, 0.3) is 0 Å². The van der Waals surface area contributed by atoms with E-state index in [0.29, 0.717) is 12.1 Å². The minimum atomic E-state index is 0.640. The van der Waals surface area contributed by atoms with Gasteiger partial charge in [-0.05, 0) is 57.3 Å². The Labute approximate surface area is 117 Å². The van der Waals surface area contributed by atoms with Crippen molar-refractivity contribution in [3.8, 4) is 0 Å². The molecule has 0 saturated carbocycles. The van der Waals surface area contributed by atoms with Crippen molar-refractivity contribution in [2.45, 2.75) is 51.7 Å². The molecule has 1 saturated heterocycles. The molecule has 0 aliphatic carbocycles. The number of fused-ring (bicyclic) bond motifs is 1. The zero-order valence-corrected chi connectivity index (χ0v) is 12.3. The van der Waals surface area contributed by atoms with Gasteiger partial charge in [-0.15, -0.1) is 0 Å². The van der Waals surface area contributed by atoms with E-state index in [1.165, 1.54) is 44.5 Å². The number of nitrogens with zero attached hydrogens (tertiary/aromatic N) is 2. The third kappa shape index (κ3) is 2.85. The molecular formula is C17H26N2. The third-order valence-corrected chi connectivity index (χ3v) is 4.73. The highest BCUT2D eigenvalue weighted by molar-refractivity contribution is 5.30. The van der Waals surface area contributed by atoms with Crippen molar-refractivity contribution < 1.29 is 0 Å². The Hall–Kier alpha value is -0.860. The van der Waals surface area contributed by atoms with Gasteiger partial charge in [-0.2, -0.15) is 0 Å². The Balaban J connectivity index is 1.77. The van der Waals surface area contributed by atoms with Gasteiger partial charge in [0.2, 0.25) is 0 Å². The van der Waals surface area contributed by atoms with Crippen molar-refractivity contribution in [1.29, 1.82) is 0 Å². The normalized spacial score (nSPS) is 24.9. The maximum atomic E-state index is 2.70. The maximum absolute atomic E-state index is 2.70. The van der Waals surface area contributed by atoms with Crippen molar-refractivity contribution in [2.75, 3.05) is 19.6 Å². The Morgan fingerprint density at radius 3 is 2.47 bits per heavy atom. The number of rotatable bonds is 3. The Bertz CT molecular complexity index is 421. The molecule has 2 heterocycles. The smallest absolute Gasteiger partial charge is 0.0269 e. The molecule has 3 rings (SSSR count). The first-order valence-electron chi connectivity index (χ1n) is 7.79. The molecule has 0 unspecified atom stereocenters. The van der Waals surface area contributed by atoms with E-state index < -0.39 is 0 Å². The number of benzene rings is 1. The van der Waals surface area contributed by atoms with Gasteiger partial charge in [-0.3, -0.25) is 4.90 Å². The summed E-state index contributed by atoms with van der Waals surface area (Å²) in [7, 11) is 0. The first-order chi connectivity index (χ1) is 9.24.